The van der Waals surface area contributed by atoms with Gasteiger partial charge in [0.05, 0.1) is 7.11 Å². The molecule has 2 atom stereocenters. The summed E-state index contributed by atoms with van der Waals surface area (Å²) in [5.74, 6) is 1.78. The van der Waals surface area contributed by atoms with E-state index in [9.17, 15) is 4.79 Å². The van der Waals surface area contributed by atoms with Gasteiger partial charge in [-0.2, -0.15) is 0 Å². The van der Waals surface area contributed by atoms with E-state index in [0.29, 0.717) is 5.92 Å². The van der Waals surface area contributed by atoms with E-state index in [2.05, 4.69) is 6.92 Å². The fraction of sp³-hybridized carbons (Fsp3) is 0.583. The highest BCUT2D eigenvalue weighted by atomic mass is 32.1. The molecular weight excluding hydrogens is 208 g/mol. The van der Waals surface area contributed by atoms with E-state index in [1.54, 1.807) is 7.11 Å². The lowest BCUT2D eigenvalue weighted by Gasteiger charge is -2.13. The number of ether oxygens (including phenoxy) is 1. The molecule has 0 aliphatic heterocycles. The second kappa shape index (κ2) is 4.35. The normalized spacial score (nSPS) is 25.5. The first-order chi connectivity index (χ1) is 7.24. The van der Waals surface area contributed by atoms with Gasteiger partial charge in [0.25, 0.3) is 0 Å². The monoisotopic (exact) mass is 224 g/mol. The van der Waals surface area contributed by atoms with Gasteiger partial charge >= 0.3 is 0 Å². The Balaban J connectivity index is 2.20. The van der Waals surface area contributed by atoms with Crippen LogP contribution in [-0.4, -0.2) is 12.9 Å². The first-order valence-corrected chi connectivity index (χ1v) is 6.27. The summed E-state index contributed by atoms with van der Waals surface area (Å²) in [5.41, 5.74) is 0. The van der Waals surface area contributed by atoms with Crippen LogP contribution in [0.3, 0.4) is 0 Å². The number of carbonyl (C=O) groups excluding carboxylic acids is 1. The van der Waals surface area contributed by atoms with Crippen molar-refractivity contribution in [3.63, 3.8) is 0 Å². The van der Waals surface area contributed by atoms with E-state index in [4.69, 9.17) is 4.74 Å². The zero-order valence-electron chi connectivity index (χ0n) is 9.16. The number of rotatable bonds is 3. The molecule has 0 amide bonds. The number of thiophene rings is 1. The summed E-state index contributed by atoms with van der Waals surface area (Å²) in [6.45, 7) is 2.18. The fourth-order valence-electron chi connectivity index (χ4n) is 2.34. The van der Waals surface area contributed by atoms with Crippen molar-refractivity contribution < 1.29 is 9.53 Å². The smallest absolute Gasteiger partial charge is 0.179 e. The van der Waals surface area contributed by atoms with Crippen LogP contribution >= 0.6 is 11.3 Å². The van der Waals surface area contributed by atoms with Gasteiger partial charge in [-0.25, -0.2) is 0 Å². The Morgan fingerprint density at radius 3 is 2.93 bits per heavy atom. The number of hydrogen-bond acceptors (Lipinski definition) is 3. The predicted octanol–water partition coefficient (Wildman–Crippen LogP) is 3.38. The maximum absolute atomic E-state index is 12.2. The minimum atomic E-state index is 0.220. The first kappa shape index (κ1) is 10.7. The van der Waals surface area contributed by atoms with Crippen molar-refractivity contribution in [2.45, 2.75) is 26.2 Å². The SMILES string of the molecule is COc1ccsc1C(=O)C1CCCC1C. The molecule has 2 rings (SSSR count). The summed E-state index contributed by atoms with van der Waals surface area (Å²) < 4.78 is 5.19. The number of carbonyl (C=O) groups is 1. The van der Waals surface area contributed by atoms with Crippen LogP contribution in [0.5, 0.6) is 5.75 Å². The summed E-state index contributed by atoms with van der Waals surface area (Å²) in [6, 6.07) is 1.87. The van der Waals surface area contributed by atoms with Gasteiger partial charge in [0, 0.05) is 5.92 Å². The van der Waals surface area contributed by atoms with Crippen LogP contribution in [0.15, 0.2) is 11.4 Å². The molecule has 0 N–H and O–H groups in total. The number of ketones is 1. The lowest BCUT2D eigenvalue weighted by Crippen LogP contribution is -2.16. The molecule has 1 heterocycles. The molecule has 1 saturated carbocycles. The van der Waals surface area contributed by atoms with Crippen molar-refractivity contribution in [3.05, 3.63) is 16.3 Å². The molecule has 0 aromatic carbocycles. The minimum absolute atomic E-state index is 0.220. The molecule has 0 radical (unpaired) electrons. The summed E-state index contributed by atoms with van der Waals surface area (Å²) in [7, 11) is 1.62. The Hall–Kier alpha value is -0.830. The zero-order chi connectivity index (χ0) is 10.8. The third-order valence-electron chi connectivity index (χ3n) is 3.27. The highest BCUT2D eigenvalue weighted by Gasteiger charge is 2.32. The fourth-order valence-corrected chi connectivity index (χ4v) is 3.20. The van der Waals surface area contributed by atoms with Crippen molar-refractivity contribution in [2.75, 3.05) is 7.11 Å². The van der Waals surface area contributed by atoms with Crippen molar-refractivity contribution in [1.82, 2.24) is 0 Å². The van der Waals surface area contributed by atoms with Gasteiger partial charge in [-0.1, -0.05) is 13.3 Å². The van der Waals surface area contributed by atoms with Crippen LogP contribution in [-0.2, 0) is 0 Å². The predicted molar refractivity (Wildman–Crippen MR) is 61.7 cm³/mol. The first-order valence-electron chi connectivity index (χ1n) is 5.39. The molecule has 82 valence electrons. The quantitative estimate of drug-likeness (QED) is 0.736. The second-order valence-corrected chi connectivity index (χ2v) is 5.11. The Bertz CT molecular complexity index is 356. The van der Waals surface area contributed by atoms with E-state index >= 15 is 0 Å². The van der Waals surface area contributed by atoms with Crippen LogP contribution in [0.1, 0.15) is 35.9 Å². The molecule has 2 unspecified atom stereocenters. The topological polar surface area (TPSA) is 26.3 Å². The van der Waals surface area contributed by atoms with Gasteiger partial charge < -0.3 is 4.74 Å². The van der Waals surface area contributed by atoms with Crippen LogP contribution < -0.4 is 4.74 Å². The van der Waals surface area contributed by atoms with Gasteiger partial charge in [-0.3, -0.25) is 4.79 Å². The molecule has 0 saturated heterocycles. The molecule has 1 aliphatic rings. The summed E-state index contributed by atoms with van der Waals surface area (Å²) >= 11 is 1.50. The van der Waals surface area contributed by atoms with E-state index in [1.807, 2.05) is 11.4 Å². The van der Waals surface area contributed by atoms with Gasteiger partial charge in [0.15, 0.2) is 5.78 Å². The van der Waals surface area contributed by atoms with E-state index in [0.717, 1.165) is 17.0 Å². The molecule has 0 spiro atoms. The molecule has 1 fully saturated rings. The highest BCUT2D eigenvalue weighted by molar-refractivity contribution is 7.12. The van der Waals surface area contributed by atoms with Crippen molar-refractivity contribution in [1.29, 1.82) is 0 Å². The van der Waals surface area contributed by atoms with Gasteiger partial charge in [-0.15, -0.1) is 11.3 Å². The Morgan fingerprint density at radius 2 is 2.33 bits per heavy atom. The number of hydrogen-bond donors (Lipinski definition) is 0. The third kappa shape index (κ3) is 1.93. The molecule has 3 heteroatoms. The lowest BCUT2D eigenvalue weighted by molar-refractivity contribution is 0.0898. The molecule has 1 aliphatic carbocycles. The molecule has 0 bridgehead atoms. The Labute approximate surface area is 94.3 Å². The van der Waals surface area contributed by atoms with Crippen LogP contribution in [0.2, 0.25) is 0 Å². The number of Topliss-reactive ketones (excluding diaryl/α,β-unsaturated/α-hetero) is 1. The van der Waals surface area contributed by atoms with E-state index < -0.39 is 0 Å². The average molecular weight is 224 g/mol. The second-order valence-electron chi connectivity index (χ2n) is 4.20. The largest absolute Gasteiger partial charge is 0.495 e. The van der Waals surface area contributed by atoms with E-state index in [-0.39, 0.29) is 11.7 Å². The maximum atomic E-state index is 12.2. The summed E-state index contributed by atoms with van der Waals surface area (Å²) in [4.78, 5) is 13.0. The molecule has 1 aromatic rings. The Kier molecular flexibility index (Phi) is 3.10. The van der Waals surface area contributed by atoms with Crippen LogP contribution in [0.25, 0.3) is 0 Å². The molecular formula is C12H16O2S. The van der Waals surface area contributed by atoms with Crippen LogP contribution in [0, 0.1) is 11.8 Å². The minimum Gasteiger partial charge on any atom is -0.495 e. The maximum Gasteiger partial charge on any atom is 0.179 e. The lowest BCUT2D eigenvalue weighted by atomic mass is 9.92. The molecule has 15 heavy (non-hydrogen) atoms. The average Bonchev–Trinajstić information content (AvgIpc) is 2.84. The number of methoxy groups -OCH3 is 1. The Morgan fingerprint density at radius 1 is 1.53 bits per heavy atom. The van der Waals surface area contributed by atoms with Gasteiger partial charge in [-0.05, 0) is 30.2 Å². The summed E-state index contributed by atoms with van der Waals surface area (Å²) in [5, 5.41) is 1.92. The standard InChI is InChI=1S/C12H16O2S/c1-8-4-3-5-9(8)11(13)12-10(14-2)6-7-15-12/h6-9H,3-5H2,1-2H3. The third-order valence-corrected chi connectivity index (χ3v) is 4.18. The zero-order valence-corrected chi connectivity index (χ0v) is 9.97. The summed E-state index contributed by atoms with van der Waals surface area (Å²) in [6.07, 6.45) is 3.41. The van der Waals surface area contributed by atoms with Gasteiger partial charge in [0.1, 0.15) is 10.6 Å². The highest BCUT2D eigenvalue weighted by Crippen LogP contribution is 2.37. The van der Waals surface area contributed by atoms with Crippen molar-refractivity contribution in [3.8, 4) is 5.75 Å². The molecule has 1 aromatic heterocycles. The van der Waals surface area contributed by atoms with E-state index in [1.165, 1.54) is 24.2 Å². The van der Waals surface area contributed by atoms with Gasteiger partial charge in [0.2, 0.25) is 0 Å². The van der Waals surface area contributed by atoms with Crippen LogP contribution in [0.4, 0.5) is 0 Å². The van der Waals surface area contributed by atoms with Crippen molar-refractivity contribution in [2.24, 2.45) is 11.8 Å². The molecule has 2 nitrogen and oxygen atoms in total. The van der Waals surface area contributed by atoms with Crippen molar-refractivity contribution >= 4 is 17.1 Å².